The monoisotopic (exact) mass is 304 g/mol. The highest BCUT2D eigenvalue weighted by Gasteiger charge is 2.34. The minimum Gasteiger partial charge on any atom is -0.281 e. The molecule has 0 N–H and O–H groups in total. The number of carbonyl (C=O) groups excluding carboxylic acids is 2. The number of hydrogen-bond donors (Lipinski definition) is 0. The second-order valence-electron chi connectivity index (χ2n) is 4.17. The molecule has 0 aliphatic heterocycles. The molecule has 8 heteroatoms. The van der Waals surface area contributed by atoms with Crippen LogP contribution >= 0.6 is 8.25 Å². The largest absolute Gasteiger partial charge is 0.323 e. The van der Waals surface area contributed by atoms with Gasteiger partial charge in [-0.3, -0.25) is 13.6 Å². The highest BCUT2D eigenvalue weighted by molar-refractivity contribution is 7.33. The fourth-order valence-electron chi connectivity index (χ4n) is 1.65. The molecule has 20 heavy (non-hydrogen) atoms. The Hall–Kier alpha value is -1.09. The normalized spacial score (nSPS) is 13.2. The molecule has 0 rings (SSSR count). The van der Waals surface area contributed by atoms with Crippen molar-refractivity contribution in [2.24, 2.45) is 9.98 Å². The predicted octanol–water partition coefficient (Wildman–Crippen LogP) is 3.11. The van der Waals surface area contributed by atoms with Crippen LogP contribution in [0, 0.1) is 0 Å². The summed E-state index contributed by atoms with van der Waals surface area (Å²) in [5.41, 5.74) is -2.42. The summed E-state index contributed by atoms with van der Waals surface area (Å²) in [6.07, 6.45) is 4.23. The molecular weight excluding hydrogens is 283 g/mol. The van der Waals surface area contributed by atoms with Crippen molar-refractivity contribution in [2.45, 2.75) is 64.8 Å². The Morgan fingerprint density at radius 1 is 0.850 bits per heavy atom. The Kier molecular flexibility index (Phi) is 8.47. The number of hydrogen-bond acceptors (Lipinski definition) is 7. The highest BCUT2D eigenvalue weighted by Crippen LogP contribution is 2.41. The van der Waals surface area contributed by atoms with Gasteiger partial charge < -0.3 is 0 Å². The molecular formula is C12H21N2O5P. The van der Waals surface area contributed by atoms with Crippen molar-refractivity contribution in [3.8, 4) is 0 Å². The number of rotatable bonds is 10. The summed E-state index contributed by atoms with van der Waals surface area (Å²) >= 11 is 0. The van der Waals surface area contributed by atoms with E-state index in [0.29, 0.717) is 25.7 Å². The molecule has 7 nitrogen and oxygen atoms in total. The average Bonchev–Trinajstić information content (AvgIpc) is 2.46. The van der Waals surface area contributed by atoms with E-state index >= 15 is 0 Å². The molecule has 0 aliphatic carbocycles. The predicted molar refractivity (Wildman–Crippen MR) is 74.0 cm³/mol. The van der Waals surface area contributed by atoms with Crippen LogP contribution in [-0.2, 0) is 23.2 Å². The zero-order valence-corrected chi connectivity index (χ0v) is 13.3. The maximum atomic E-state index is 12.0. The van der Waals surface area contributed by atoms with E-state index in [1.807, 2.05) is 0 Å². The topological polar surface area (TPSA) is 94.4 Å². The SMILES string of the molecule is CCC(CC)(N=C=O)O[PH](=O)OC(CC)(CC)N=C=O. The lowest BCUT2D eigenvalue weighted by molar-refractivity contribution is 0.0115. The van der Waals surface area contributed by atoms with E-state index in [9.17, 15) is 14.2 Å². The smallest absolute Gasteiger partial charge is 0.281 e. The minimum atomic E-state index is -2.99. The molecule has 0 unspecified atom stereocenters. The third-order valence-corrected chi connectivity index (χ3v) is 4.35. The maximum absolute atomic E-state index is 12.0. The zero-order chi connectivity index (χ0) is 15.6. The summed E-state index contributed by atoms with van der Waals surface area (Å²) in [7, 11) is -2.99. The Bertz CT molecular complexity index is 382. The minimum absolute atomic E-state index is 0.348. The van der Waals surface area contributed by atoms with Crippen LogP contribution in [0.1, 0.15) is 53.4 Å². The van der Waals surface area contributed by atoms with Crippen molar-refractivity contribution in [2.75, 3.05) is 0 Å². The first-order valence-electron chi connectivity index (χ1n) is 6.57. The van der Waals surface area contributed by atoms with Crippen molar-refractivity contribution in [3.63, 3.8) is 0 Å². The molecule has 0 saturated carbocycles. The third kappa shape index (κ3) is 5.12. The first-order valence-corrected chi connectivity index (χ1v) is 7.79. The standard InChI is InChI=1S/C12H21N2O5P/c1-5-11(6-2,13-9-15)18-20(17)19-12(7-3,8-4)14-10-16/h20H,5-8H2,1-4H3. The first-order chi connectivity index (χ1) is 9.46. The number of isocyanates is 2. The van der Waals surface area contributed by atoms with Crippen LogP contribution in [0.2, 0.25) is 0 Å². The Balaban J connectivity index is 5.08. The van der Waals surface area contributed by atoms with Gasteiger partial charge in [-0.1, -0.05) is 27.7 Å². The van der Waals surface area contributed by atoms with Crippen LogP contribution in [0.15, 0.2) is 9.98 Å². The van der Waals surface area contributed by atoms with Crippen LogP contribution in [0.4, 0.5) is 0 Å². The van der Waals surface area contributed by atoms with Crippen LogP contribution in [0.5, 0.6) is 0 Å². The van der Waals surface area contributed by atoms with E-state index < -0.39 is 19.7 Å². The summed E-state index contributed by atoms with van der Waals surface area (Å²) in [5, 5.41) is 0. The summed E-state index contributed by atoms with van der Waals surface area (Å²) < 4.78 is 22.6. The van der Waals surface area contributed by atoms with Gasteiger partial charge in [0.2, 0.25) is 12.2 Å². The van der Waals surface area contributed by atoms with Crippen LogP contribution in [0.3, 0.4) is 0 Å². The lowest BCUT2D eigenvalue weighted by Gasteiger charge is -2.29. The molecule has 0 fully saturated rings. The van der Waals surface area contributed by atoms with E-state index in [1.165, 1.54) is 12.2 Å². The Morgan fingerprint density at radius 2 is 1.15 bits per heavy atom. The maximum Gasteiger partial charge on any atom is 0.323 e. The molecule has 0 aromatic heterocycles. The van der Waals surface area contributed by atoms with Gasteiger partial charge >= 0.3 is 8.25 Å². The van der Waals surface area contributed by atoms with Crippen LogP contribution in [0.25, 0.3) is 0 Å². The van der Waals surface area contributed by atoms with Gasteiger partial charge in [0.1, 0.15) is 0 Å². The van der Waals surface area contributed by atoms with Gasteiger partial charge in [0.05, 0.1) is 0 Å². The molecule has 0 aromatic carbocycles. The second kappa shape index (κ2) is 8.96. The van der Waals surface area contributed by atoms with Gasteiger partial charge in [-0.05, 0) is 25.7 Å². The fourth-order valence-corrected chi connectivity index (χ4v) is 2.98. The van der Waals surface area contributed by atoms with E-state index in [4.69, 9.17) is 9.05 Å². The molecule has 0 saturated heterocycles. The van der Waals surface area contributed by atoms with Crippen molar-refractivity contribution < 1.29 is 23.2 Å². The highest BCUT2D eigenvalue weighted by atomic mass is 31.1. The first kappa shape index (κ1) is 18.9. The molecule has 0 spiro atoms. The van der Waals surface area contributed by atoms with Gasteiger partial charge in [0, 0.05) is 0 Å². The third-order valence-electron chi connectivity index (χ3n) is 3.26. The van der Waals surface area contributed by atoms with Crippen molar-refractivity contribution in [1.82, 2.24) is 0 Å². The van der Waals surface area contributed by atoms with E-state index in [-0.39, 0.29) is 0 Å². The molecule has 0 radical (unpaired) electrons. The quantitative estimate of drug-likeness (QED) is 0.351. The fraction of sp³-hybridized carbons (Fsp3) is 0.833. The second-order valence-corrected chi connectivity index (χ2v) is 5.08. The van der Waals surface area contributed by atoms with Crippen LogP contribution in [-0.4, -0.2) is 23.6 Å². The summed E-state index contributed by atoms with van der Waals surface area (Å²) in [6.45, 7) is 6.98. The van der Waals surface area contributed by atoms with Gasteiger partial charge in [0.15, 0.2) is 11.4 Å². The molecule has 0 aliphatic rings. The van der Waals surface area contributed by atoms with Crippen LogP contribution < -0.4 is 0 Å². The van der Waals surface area contributed by atoms with E-state index in [1.54, 1.807) is 27.7 Å². The molecule has 0 bridgehead atoms. The molecule has 0 aromatic rings. The van der Waals surface area contributed by atoms with Crippen molar-refractivity contribution >= 4 is 20.4 Å². The molecule has 0 heterocycles. The lowest BCUT2D eigenvalue weighted by atomic mass is 10.1. The van der Waals surface area contributed by atoms with Gasteiger partial charge in [0.25, 0.3) is 0 Å². The summed E-state index contributed by atoms with van der Waals surface area (Å²) in [4.78, 5) is 28.0. The van der Waals surface area contributed by atoms with Crippen molar-refractivity contribution in [1.29, 1.82) is 0 Å². The van der Waals surface area contributed by atoms with E-state index in [2.05, 4.69) is 9.98 Å². The molecule has 114 valence electrons. The zero-order valence-electron chi connectivity index (χ0n) is 12.3. The average molecular weight is 304 g/mol. The number of aliphatic imine (C=N–C) groups is 2. The van der Waals surface area contributed by atoms with Gasteiger partial charge in [-0.2, -0.15) is 9.98 Å². The Labute approximate surface area is 119 Å². The number of nitrogens with zero attached hydrogens (tertiary/aromatic N) is 2. The lowest BCUT2D eigenvalue weighted by Crippen LogP contribution is -2.29. The molecule has 0 amide bonds. The Morgan fingerprint density at radius 3 is 1.35 bits per heavy atom. The van der Waals surface area contributed by atoms with Gasteiger partial charge in [-0.25, -0.2) is 9.59 Å². The van der Waals surface area contributed by atoms with Gasteiger partial charge in [-0.15, -0.1) is 0 Å². The summed E-state index contributed by atoms with van der Waals surface area (Å²) in [6, 6.07) is 0. The van der Waals surface area contributed by atoms with E-state index in [0.717, 1.165) is 0 Å². The summed E-state index contributed by atoms with van der Waals surface area (Å²) in [5.74, 6) is 0. The molecule has 0 atom stereocenters. The van der Waals surface area contributed by atoms with Crippen molar-refractivity contribution in [3.05, 3.63) is 0 Å².